The Morgan fingerprint density at radius 2 is 1.66 bits per heavy atom. The van der Waals surface area contributed by atoms with Crippen molar-refractivity contribution in [2.45, 2.75) is 44.9 Å². The predicted octanol–water partition coefficient (Wildman–Crippen LogP) is 3.42. The smallest absolute Gasteiger partial charge is 0.328 e. The summed E-state index contributed by atoms with van der Waals surface area (Å²) >= 11 is 0. The zero-order chi connectivity index (χ0) is 23.0. The van der Waals surface area contributed by atoms with E-state index in [0.717, 1.165) is 22.3 Å². The Hall–Kier alpha value is -3.19. The van der Waals surface area contributed by atoms with Crippen LogP contribution in [0.15, 0.2) is 48.5 Å². The van der Waals surface area contributed by atoms with Gasteiger partial charge in [0.1, 0.15) is 12.3 Å². The van der Waals surface area contributed by atoms with Crippen molar-refractivity contribution >= 4 is 17.8 Å². The van der Waals surface area contributed by atoms with E-state index < -0.39 is 35.5 Å². The Morgan fingerprint density at radius 3 is 2.22 bits per heavy atom. The van der Waals surface area contributed by atoms with Crippen LogP contribution in [0.25, 0.3) is 11.1 Å². The van der Waals surface area contributed by atoms with Gasteiger partial charge in [0.25, 0.3) is 0 Å². The van der Waals surface area contributed by atoms with Crippen LogP contribution in [0.4, 0.5) is 0 Å². The molecule has 0 unspecified atom stereocenters. The quantitative estimate of drug-likeness (QED) is 0.696. The monoisotopic (exact) mass is 437 g/mol. The largest absolute Gasteiger partial charge is 0.480 e. The number of carboxylic acids is 1. The zero-order valence-electron chi connectivity index (χ0n) is 18.4. The molecule has 7 nitrogen and oxygen atoms in total. The number of nitrogens with zero attached hydrogens (tertiary/aromatic N) is 1. The molecule has 1 heterocycles. The van der Waals surface area contributed by atoms with E-state index in [-0.39, 0.29) is 25.6 Å². The molecule has 1 aliphatic carbocycles. The Labute approximate surface area is 186 Å². The van der Waals surface area contributed by atoms with Gasteiger partial charge in [0.2, 0.25) is 5.91 Å². The Balaban J connectivity index is 1.41. The highest BCUT2D eigenvalue weighted by Gasteiger charge is 2.48. The highest BCUT2D eigenvalue weighted by Crippen LogP contribution is 2.44. The van der Waals surface area contributed by atoms with E-state index in [1.54, 1.807) is 20.8 Å². The number of rotatable bonds is 6. The molecule has 0 spiro atoms. The highest BCUT2D eigenvalue weighted by molar-refractivity contribution is 5.88. The minimum absolute atomic E-state index is 0.0559. The van der Waals surface area contributed by atoms with Crippen molar-refractivity contribution in [3.05, 3.63) is 59.7 Å². The number of hydrogen-bond acceptors (Lipinski definition) is 5. The summed E-state index contributed by atoms with van der Waals surface area (Å²) in [7, 11) is 0. The van der Waals surface area contributed by atoms with Gasteiger partial charge in [-0.3, -0.25) is 14.5 Å². The molecule has 2 aromatic carbocycles. The average molecular weight is 437 g/mol. The van der Waals surface area contributed by atoms with Crippen LogP contribution in [-0.4, -0.2) is 52.8 Å². The molecule has 1 aliphatic heterocycles. The first kappa shape index (κ1) is 22.0. The second-order valence-electron chi connectivity index (χ2n) is 8.84. The molecule has 1 N–H and O–H groups in total. The van der Waals surface area contributed by atoms with Crippen LogP contribution in [0.3, 0.4) is 0 Å². The molecule has 32 heavy (non-hydrogen) atoms. The molecule has 7 heteroatoms. The molecule has 0 aromatic heterocycles. The molecule has 0 saturated carbocycles. The summed E-state index contributed by atoms with van der Waals surface area (Å²) in [5, 5.41) is 9.43. The van der Waals surface area contributed by atoms with E-state index >= 15 is 0 Å². The fourth-order valence-electron chi connectivity index (χ4n) is 4.65. The number of carbonyl (C=O) groups excluding carboxylic acids is 2. The average Bonchev–Trinajstić information content (AvgIpc) is 3.25. The Morgan fingerprint density at radius 1 is 1.09 bits per heavy atom. The highest BCUT2D eigenvalue weighted by atomic mass is 16.5. The van der Waals surface area contributed by atoms with Gasteiger partial charge in [0.15, 0.2) is 6.04 Å². The lowest BCUT2D eigenvalue weighted by Crippen LogP contribution is -2.52. The summed E-state index contributed by atoms with van der Waals surface area (Å²) in [5.41, 5.74) is 3.47. The third-order valence-electron chi connectivity index (χ3n) is 6.28. The first-order valence-corrected chi connectivity index (χ1v) is 10.7. The van der Waals surface area contributed by atoms with E-state index in [4.69, 9.17) is 9.47 Å². The molecule has 0 radical (unpaired) electrons. The van der Waals surface area contributed by atoms with Crippen molar-refractivity contribution in [1.82, 2.24) is 4.90 Å². The maximum absolute atomic E-state index is 13.0. The second kappa shape index (κ2) is 8.39. The molecule has 2 aliphatic rings. The van der Waals surface area contributed by atoms with Gasteiger partial charge < -0.3 is 14.6 Å². The summed E-state index contributed by atoms with van der Waals surface area (Å²) in [6.45, 7) is 5.01. The number of hydrogen-bond donors (Lipinski definition) is 1. The third-order valence-corrected chi connectivity index (χ3v) is 6.28. The van der Waals surface area contributed by atoms with Crippen LogP contribution >= 0.6 is 0 Å². The van der Waals surface area contributed by atoms with Crippen LogP contribution in [0.5, 0.6) is 0 Å². The number of carbonyl (C=O) groups is 3. The number of amides is 1. The van der Waals surface area contributed by atoms with Crippen molar-refractivity contribution < 1.29 is 29.0 Å². The molecule has 0 bridgehead atoms. The van der Waals surface area contributed by atoms with E-state index in [1.165, 1.54) is 4.90 Å². The summed E-state index contributed by atoms with van der Waals surface area (Å²) < 4.78 is 11.1. The van der Waals surface area contributed by atoms with Gasteiger partial charge in [0, 0.05) is 11.8 Å². The molecule has 168 valence electrons. The first-order valence-electron chi connectivity index (χ1n) is 10.7. The number of benzene rings is 2. The SMILES string of the molecule is C[C@H](CC(=O)OCC1c2ccccc2-c2ccccc21)C(=O)N1[C@H](C(=O)O)COC1(C)C. The van der Waals surface area contributed by atoms with Gasteiger partial charge in [-0.25, -0.2) is 4.79 Å². The molecular weight excluding hydrogens is 410 g/mol. The molecule has 1 amide bonds. The van der Waals surface area contributed by atoms with E-state index in [0.29, 0.717) is 0 Å². The lowest BCUT2D eigenvalue weighted by molar-refractivity contribution is -0.160. The molecule has 4 rings (SSSR count). The van der Waals surface area contributed by atoms with Gasteiger partial charge in [-0.15, -0.1) is 0 Å². The van der Waals surface area contributed by atoms with Crippen molar-refractivity contribution in [1.29, 1.82) is 0 Å². The fourth-order valence-corrected chi connectivity index (χ4v) is 4.65. The van der Waals surface area contributed by atoms with Crippen molar-refractivity contribution in [3.8, 4) is 11.1 Å². The number of aliphatic carboxylic acids is 1. The Bertz CT molecular complexity index is 1020. The van der Waals surface area contributed by atoms with Gasteiger partial charge in [0.05, 0.1) is 13.0 Å². The van der Waals surface area contributed by atoms with Gasteiger partial charge in [-0.2, -0.15) is 0 Å². The maximum Gasteiger partial charge on any atom is 0.328 e. The number of esters is 1. The van der Waals surface area contributed by atoms with Crippen molar-refractivity contribution in [3.63, 3.8) is 0 Å². The van der Waals surface area contributed by atoms with Gasteiger partial charge in [-0.05, 0) is 36.1 Å². The predicted molar refractivity (Wildman–Crippen MR) is 117 cm³/mol. The molecule has 2 atom stereocenters. The molecule has 2 aromatic rings. The molecule has 1 fully saturated rings. The first-order chi connectivity index (χ1) is 15.2. The van der Waals surface area contributed by atoms with Crippen LogP contribution in [0.1, 0.15) is 44.2 Å². The standard InChI is InChI=1S/C25H27NO6/c1-15(23(28)26-21(24(29)30)14-32-25(26,2)3)12-22(27)31-13-20-18-10-6-4-8-16(18)17-9-5-7-11-19(17)20/h4-11,15,20-21H,12-14H2,1-3H3,(H,29,30)/t15-,21+/m1/s1. The third kappa shape index (κ3) is 3.88. The van der Waals surface area contributed by atoms with E-state index in [2.05, 4.69) is 12.1 Å². The minimum Gasteiger partial charge on any atom is -0.480 e. The Kier molecular flexibility index (Phi) is 5.77. The maximum atomic E-state index is 13.0. The minimum atomic E-state index is -1.13. The fraction of sp³-hybridized carbons (Fsp3) is 0.400. The van der Waals surface area contributed by atoms with Crippen LogP contribution < -0.4 is 0 Å². The van der Waals surface area contributed by atoms with Crippen molar-refractivity contribution in [2.75, 3.05) is 13.2 Å². The van der Waals surface area contributed by atoms with Crippen LogP contribution in [0.2, 0.25) is 0 Å². The van der Waals surface area contributed by atoms with Crippen LogP contribution in [-0.2, 0) is 23.9 Å². The molecule has 1 saturated heterocycles. The van der Waals surface area contributed by atoms with Gasteiger partial charge in [-0.1, -0.05) is 55.5 Å². The number of fused-ring (bicyclic) bond motifs is 3. The van der Waals surface area contributed by atoms with Crippen molar-refractivity contribution in [2.24, 2.45) is 5.92 Å². The van der Waals surface area contributed by atoms with E-state index in [1.807, 2.05) is 36.4 Å². The van der Waals surface area contributed by atoms with Crippen LogP contribution in [0, 0.1) is 5.92 Å². The normalized spacial score (nSPS) is 19.8. The lowest BCUT2D eigenvalue weighted by Gasteiger charge is -2.34. The van der Waals surface area contributed by atoms with Gasteiger partial charge >= 0.3 is 11.9 Å². The number of ether oxygens (including phenoxy) is 2. The summed E-state index contributed by atoms with van der Waals surface area (Å²) in [6, 6.07) is 15.1. The number of carboxylic acid groups (broad SMARTS) is 1. The second-order valence-corrected chi connectivity index (χ2v) is 8.84. The zero-order valence-corrected chi connectivity index (χ0v) is 18.4. The van der Waals surface area contributed by atoms with E-state index in [9.17, 15) is 19.5 Å². The lowest BCUT2D eigenvalue weighted by atomic mass is 9.98. The summed E-state index contributed by atoms with van der Waals surface area (Å²) in [5.74, 6) is -2.84. The summed E-state index contributed by atoms with van der Waals surface area (Å²) in [4.78, 5) is 38.3. The summed E-state index contributed by atoms with van der Waals surface area (Å²) in [6.07, 6.45) is -0.131. The molecular formula is C25H27NO6. The topological polar surface area (TPSA) is 93.1 Å².